The first-order chi connectivity index (χ1) is 13.6. The Hall–Kier alpha value is -2.18. The molecule has 0 spiro atoms. The van der Waals surface area contributed by atoms with E-state index in [1.807, 2.05) is 4.90 Å². The van der Waals surface area contributed by atoms with Crippen molar-refractivity contribution in [2.75, 3.05) is 31.3 Å². The summed E-state index contributed by atoms with van der Waals surface area (Å²) in [6.07, 6.45) is 0.971. The number of nitrogens with one attached hydrogen (secondary N) is 1. The number of anilines is 1. The monoisotopic (exact) mass is 437 g/mol. The number of hydrogen-bond acceptors (Lipinski definition) is 5. The lowest BCUT2D eigenvalue weighted by atomic mass is 10.0. The maximum Gasteiger partial charge on any atom is 0.229 e. The lowest BCUT2D eigenvalue weighted by Crippen LogP contribution is -2.43. The van der Waals surface area contributed by atoms with Crippen LogP contribution >= 0.6 is 34.5 Å². The molecule has 1 aliphatic heterocycles. The number of aromatic nitrogens is 3. The van der Waals surface area contributed by atoms with Gasteiger partial charge in [0.25, 0.3) is 0 Å². The Bertz CT molecular complexity index is 1030. The number of halogens is 3. The van der Waals surface area contributed by atoms with E-state index >= 15 is 0 Å². The van der Waals surface area contributed by atoms with Gasteiger partial charge in [-0.15, -0.1) is 21.5 Å². The van der Waals surface area contributed by atoms with Gasteiger partial charge in [0.15, 0.2) is 5.82 Å². The first-order valence-corrected chi connectivity index (χ1v) is 9.98. The number of rotatable bonds is 4. The second-order valence-electron chi connectivity index (χ2n) is 6.13. The third kappa shape index (κ3) is 3.47. The second kappa shape index (κ2) is 8.05. The van der Waals surface area contributed by atoms with Crippen molar-refractivity contribution in [3.63, 3.8) is 0 Å². The Morgan fingerprint density at radius 3 is 2.96 bits per heavy atom. The number of alkyl halides is 1. The molecular weight excluding hydrogens is 424 g/mol. The van der Waals surface area contributed by atoms with Crippen LogP contribution in [0.2, 0.25) is 10.0 Å². The lowest BCUT2D eigenvalue weighted by molar-refractivity contribution is 0.0250. The van der Waals surface area contributed by atoms with E-state index in [1.54, 1.807) is 18.2 Å². The van der Waals surface area contributed by atoms with Gasteiger partial charge in [-0.1, -0.05) is 29.3 Å². The summed E-state index contributed by atoms with van der Waals surface area (Å²) >= 11 is 13.9. The van der Waals surface area contributed by atoms with Crippen LogP contribution in [-0.4, -0.2) is 47.7 Å². The highest BCUT2D eigenvalue weighted by atomic mass is 35.5. The van der Waals surface area contributed by atoms with Crippen molar-refractivity contribution >= 4 is 45.2 Å². The average Bonchev–Trinajstić information content (AvgIpc) is 3.35. The van der Waals surface area contributed by atoms with Crippen molar-refractivity contribution in [1.82, 2.24) is 15.2 Å². The van der Waals surface area contributed by atoms with Gasteiger partial charge in [0.2, 0.25) is 5.69 Å². The molecular formula is C18H14Cl2FN5OS. The molecule has 0 unspecified atom stereocenters. The number of aromatic amines is 1. The Balaban J connectivity index is 1.91. The van der Waals surface area contributed by atoms with Gasteiger partial charge in [0.1, 0.15) is 19.1 Å². The highest BCUT2D eigenvalue weighted by Gasteiger charge is 2.30. The number of H-pyrrole nitrogens is 1. The number of ether oxygens (including phenoxy) is 1. The number of thiophene rings is 1. The highest BCUT2D eigenvalue weighted by molar-refractivity contribution is 7.20. The van der Waals surface area contributed by atoms with E-state index in [0.717, 1.165) is 9.88 Å². The third-order valence-electron chi connectivity index (χ3n) is 4.41. The normalized spacial score (nSPS) is 16.9. The van der Waals surface area contributed by atoms with Gasteiger partial charge < -0.3 is 14.6 Å². The van der Waals surface area contributed by atoms with Crippen LogP contribution in [0.15, 0.2) is 24.5 Å². The van der Waals surface area contributed by atoms with Crippen molar-refractivity contribution in [2.45, 2.75) is 6.10 Å². The summed E-state index contributed by atoms with van der Waals surface area (Å²) < 4.78 is 18.6. The fraction of sp³-hybridized carbons (Fsp3) is 0.278. The molecule has 144 valence electrons. The molecule has 0 radical (unpaired) electrons. The van der Waals surface area contributed by atoms with Gasteiger partial charge in [-0.25, -0.2) is 9.24 Å². The summed E-state index contributed by atoms with van der Waals surface area (Å²) in [6.45, 7) is 8.61. The van der Waals surface area contributed by atoms with Crippen molar-refractivity contribution in [3.05, 3.63) is 46.0 Å². The summed E-state index contributed by atoms with van der Waals surface area (Å²) in [6, 6.07) is 5.15. The molecule has 0 aliphatic carbocycles. The minimum Gasteiger partial charge on any atom is -0.372 e. The van der Waals surface area contributed by atoms with Crippen molar-refractivity contribution < 1.29 is 9.13 Å². The molecule has 3 heterocycles. The SMILES string of the molecule is [C-]#[N+]c1c(N2CCO[C@H](CF)C2)sc(-c2nnc[nH]2)c1-c1ccc(Cl)cc1Cl. The van der Waals surface area contributed by atoms with E-state index in [2.05, 4.69) is 20.0 Å². The van der Waals surface area contributed by atoms with Gasteiger partial charge in [-0.3, -0.25) is 0 Å². The summed E-state index contributed by atoms with van der Waals surface area (Å²) in [4.78, 5) is 9.52. The molecule has 28 heavy (non-hydrogen) atoms. The molecule has 1 aromatic carbocycles. The van der Waals surface area contributed by atoms with Crippen LogP contribution < -0.4 is 4.90 Å². The molecule has 1 aliphatic rings. The minimum absolute atomic E-state index is 0.378. The Labute approximate surface area is 174 Å². The Morgan fingerprint density at radius 2 is 2.29 bits per heavy atom. The minimum atomic E-state index is -0.569. The number of benzene rings is 1. The zero-order valence-corrected chi connectivity index (χ0v) is 16.8. The predicted molar refractivity (Wildman–Crippen MR) is 109 cm³/mol. The van der Waals surface area contributed by atoms with Crippen LogP contribution in [0.1, 0.15) is 0 Å². The number of morpholine rings is 1. The van der Waals surface area contributed by atoms with E-state index in [4.69, 9.17) is 34.5 Å². The van der Waals surface area contributed by atoms with Gasteiger partial charge in [-0.05, 0) is 17.7 Å². The number of hydrogen-bond donors (Lipinski definition) is 1. The fourth-order valence-corrected chi connectivity index (χ4v) is 4.89. The fourth-order valence-electron chi connectivity index (χ4n) is 3.15. The topological polar surface area (TPSA) is 58.4 Å². The second-order valence-corrected chi connectivity index (χ2v) is 7.97. The van der Waals surface area contributed by atoms with E-state index in [1.165, 1.54) is 17.7 Å². The molecule has 0 bridgehead atoms. The predicted octanol–water partition coefficient (Wildman–Crippen LogP) is 5.23. The van der Waals surface area contributed by atoms with E-state index in [-0.39, 0.29) is 0 Å². The largest absolute Gasteiger partial charge is 0.372 e. The molecule has 1 N–H and O–H groups in total. The van der Waals surface area contributed by atoms with Crippen molar-refractivity contribution in [3.8, 4) is 21.8 Å². The van der Waals surface area contributed by atoms with E-state index in [0.29, 0.717) is 52.4 Å². The molecule has 1 saturated heterocycles. The lowest BCUT2D eigenvalue weighted by Gasteiger charge is -2.32. The maximum atomic E-state index is 13.2. The molecule has 0 saturated carbocycles. The highest BCUT2D eigenvalue weighted by Crippen LogP contribution is 2.53. The molecule has 0 amide bonds. The maximum absolute atomic E-state index is 13.2. The van der Waals surface area contributed by atoms with Gasteiger partial charge in [0.05, 0.1) is 23.1 Å². The molecule has 4 rings (SSSR count). The van der Waals surface area contributed by atoms with Gasteiger partial charge >= 0.3 is 0 Å². The Kier molecular flexibility index (Phi) is 5.51. The van der Waals surface area contributed by atoms with Crippen molar-refractivity contribution in [2.24, 2.45) is 0 Å². The van der Waals surface area contributed by atoms with Crippen LogP contribution in [0.3, 0.4) is 0 Å². The molecule has 1 atom stereocenters. The van der Waals surface area contributed by atoms with Crippen LogP contribution in [0, 0.1) is 6.57 Å². The first kappa shape index (κ1) is 19.2. The van der Waals surface area contributed by atoms with Crippen LogP contribution in [-0.2, 0) is 4.74 Å². The molecule has 2 aromatic heterocycles. The molecule has 10 heteroatoms. The van der Waals surface area contributed by atoms with Crippen LogP contribution in [0.5, 0.6) is 0 Å². The van der Waals surface area contributed by atoms with Gasteiger partial charge in [-0.2, -0.15) is 0 Å². The zero-order valence-electron chi connectivity index (χ0n) is 14.5. The summed E-state index contributed by atoms with van der Waals surface area (Å²) in [5, 5.41) is 9.66. The molecule has 1 fully saturated rings. The van der Waals surface area contributed by atoms with Gasteiger partial charge in [0, 0.05) is 28.7 Å². The Morgan fingerprint density at radius 1 is 1.43 bits per heavy atom. The third-order valence-corrected chi connectivity index (χ3v) is 6.20. The van der Waals surface area contributed by atoms with Crippen LogP contribution in [0.25, 0.3) is 26.7 Å². The quantitative estimate of drug-likeness (QED) is 0.567. The zero-order chi connectivity index (χ0) is 19.7. The number of nitrogens with zero attached hydrogens (tertiary/aromatic N) is 4. The average molecular weight is 438 g/mol. The summed E-state index contributed by atoms with van der Waals surface area (Å²) in [5.41, 5.74) is 1.79. The smallest absolute Gasteiger partial charge is 0.229 e. The first-order valence-electron chi connectivity index (χ1n) is 8.41. The molecule has 6 nitrogen and oxygen atoms in total. The van der Waals surface area contributed by atoms with Crippen LogP contribution in [0.4, 0.5) is 15.1 Å². The summed E-state index contributed by atoms with van der Waals surface area (Å²) in [7, 11) is 0. The van der Waals surface area contributed by atoms with E-state index < -0.39 is 12.8 Å². The summed E-state index contributed by atoms with van der Waals surface area (Å²) in [5.74, 6) is 0.539. The van der Waals surface area contributed by atoms with E-state index in [9.17, 15) is 4.39 Å². The van der Waals surface area contributed by atoms with Crippen molar-refractivity contribution in [1.29, 1.82) is 0 Å². The standard InChI is InChI=1S/C18H14Cl2FN5OS/c1-22-15-14(12-3-2-10(19)6-13(12)20)16(17-23-9-24-25-17)28-18(15)26-4-5-27-11(7-21)8-26/h2-3,6,9,11H,4-5,7-8H2,(H,23,24,25)/t11-/m1/s1. The molecule has 3 aromatic rings.